The van der Waals surface area contributed by atoms with Crippen LogP contribution in [0.25, 0.3) is 0 Å². The molecule has 1 heterocycles. The molecule has 1 N–H and O–H groups in total. The summed E-state index contributed by atoms with van der Waals surface area (Å²) in [6.07, 6.45) is 5.44. The molecule has 1 aromatic rings. The van der Waals surface area contributed by atoms with Crippen LogP contribution in [0.15, 0.2) is 32.9 Å². The predicted molar refractivity (Wildman–Crippen MR) is 100 cm³/mol. The van der Waals surface area contributed by atoms with E-state index >= 15 is 0 Å². The van der Waals surface area contributed by atoms with E-state index < -0.39 is 11.2 Å². The van der Waals surface area contributed by atoms with Gasteiger partial charge in [0.05, 0.1) is 12.0 Å². The Morgan fingerprint density at radius 1 is 1.42 bits per heavy atom. The number of H-pyrrole nitrogens is 1. The number of hydrogen-bond acceptors (Lipinski definition) is 4. The largest absolute Gasteiger partial charge is 0.328 e. The van der Waals surface area contributed by atoms with Crippen LogP contribution in [0, 0.1) is 17.2 Å². The normalized spacial score (nSPS) is 16.8. The number of carbonyl (C=O) groups excluding carboxylic acids is 1. The fourth-order valence-corrected chi connectivity index (χ4v) is 3.28. The van der Waals surface area contributed by atoms with Gasteiger partial charge in [-0.15, -0.1) is 0 Å². The van der Waals surface area contributed by atoms with Crippen molar-refractivity contribution in [1.82, 2.24) is 9.55 Å². The minimum absolute atomic E-state index is 0.167. The molecule has 0 saturated carbocycles. The van der Waals surface area contributed by atoms with E-state index in [-0.39, 0.29) is 23.3 Å². The van der Waals surface area contributed by atoms with Gasteiger partial charge in [-0.05, 0) is 25.7 Å². The number of unbranched alkanes of at least 4 members (excludes halogenated alkanes) is 1. The zero-order valence-electron chi connectivity index (χ0n) is 15.8. The molecule has 2 rings (SSSR count). The lowest BCUT2D eigenvalue weighted by Crippen LogP contribution is -2.38. The molecular formula is C20H25N3O3. The summed E-state index contributed by atoms with van der Waals surface area (Å²) in [6, 6.07) is 2.17. The van der Waals surface area contributed by atoms with Gasteiger partial charge in [-0.3, -0.25) is 19.1 Å². The van der Waals surface area contributed by atoms with Crippen molar-refractivity contribution in [1.29, 1.82) is 5.26 Å². The number of ketones is 1. The summed E-state index contributed by atoms with van der Waals surface area (Å²) in [6.45, 7) is 7.86. The lowest BCUT2D eigenvalue weighted by molar-refractivity contribution is 0.101. The Labute approximate surface area is 152 Å². The number of hydrogen-bond donors (Lipinski definition) is 1. The van der Waals surface area contributed by atoms with E-state index in [1.807, 2.05) is 33.8 Å². The number of nitrogens with zero attached hydrogens (tertiary/aromatic N) is 2. The molecule has 0 saturated heterocycles. The highest BCUT2D eigenvalue weighted by atomic mass is 16.2. The number of aromatic nitrogens is 2. The number of nitrogens with one attached hydrogen (secondary N) is 1. The zero-order valence-corrected chi connectivity index (χ0v) is 15.8. The molecule has 138 valence electrons. The molecule has 0 aromatic carbocycles. The molecule has 1 aliphatic carbocycles. The summed E-state index contributed by atoms with van der Waals surface area (Å²) in [5.74, 6) is -0.918. The number of Topliss-reactive ketones (excluding diaryl/α,β-unsaturated/α-hetero) is 1. The van der Waals surface area contributed by atoms with Crippen LogP contribution in [-0.2, 0) is 6.54 Å². The molecule has 0 aliphatic heterocycles. The molecular weight excluding hydrogens is 330 g/mol. The van der Waals surface area contributed by atoms with Crippen LogP contribution in [0.1, 0.15) is 68.9 Å². The van der Waals surface area contributed by atoms with Crippen LogP contribution in [0.2, 0.25) is 0 Å². The summed E-state index contributed by atoms with van der Waals surface area (Å²) in [5.41, 5.74) is 0.726. The number of aromatic amines is 1. The quantitative estimate of drug-likeness (QED) is 0.793. The van der Waals surface area contributed by atoms with E-state index in [2.05, 4.69) is 11.1 Å². The van der Waals surface area contributed by atoms with E-state index in [0.717, 1.165) is 18.4 Å². The molecule has 0 amide bonds. The molecule has 0 radical (unpaired) electrons. The summed E-state index contributed by atoms with van der Waals surface area (Å²) in [7, 11) is 0. The first kappa shape index (κ1) is 19.6. The molecule has 1 aromatic heterocycles. The summed E-state index contributed by atoms with van der Waals surface area (Å²) >= 11 is 0. The van der Waals surface area contributed by atoms with E-state index in [4.69, 9.17) is 0 Å². The Balaban J connectivity index is 2.68. The zero-order chi connectivity index (χ0) is 19.4. The van der Waals surface area contributed by atoms with Gasteiger partial charge in [0.2, 0.25) is 5.78 Å². The number of carbonyl (C=O) groups is 1. The SMILES string of the molecule is CCCCn1c(C(=O)C2=CC(C)=CC(C#N)C2)c(C(C)C)c(=O)[nH]c1=O. The number of nitriles is 1. The third-order valence-corrected chi connectivity index (χ3v) is 4.53. The second kappa shape index (κ2) is 8.13. The van der Waals surface area contributed by atoms with Crippen molar-refractivity contribution in [3.05, 3.63) is 55.4 Å². The van der Waals surface area contributed by atoms with Gasteiger partial charge in [0.25, 0.3) is 5.56 Å². The van der Waals surface area contributed by atoms with Crippen molar-refractivity contribution in [3.8, 4) is 6.07 Å². The van der Waals surface area contributed by atoms with Crippen molar-refractivity contribution < 1.29 is 4.79 Å². The van der Waals surface area contributed by atoms with Crippen LogP contribution in [0.5, 0.6) is 0 Å². The van der Waals surface area contributed by atoms with Crippen LogP contribution < -0.4 is 11.2 Å². The lowest BCUT2D eigenvalue weighted by atomic mass is 9.87. The van der Waals surface area contributed by atoms with E-state index in [1.54, 1.807) is 6.08 Å². The maximum atomic E-state index is 13.3. The lowest BCUT2D eigenvalue weighted by Gasteiger charge is -2.20. The minimum atomic E-state index is -0.559. The Morgan fingerprint density at radius 3 is 2.69 bits per heavy atom. The summed E-state index contributed by atoms with van der Waals surface area (Å²) in [5, 5.41) is 9.24. The van der Waals surface area contributed by atoms with E-state index in [0.29, 0.717) is 24.1 Å². The average Bonchev–Trinajstić information content (AvgIpc) is 2.58. The number of rotatable bonds is 6. The third-order valence-electron chi connectivity index (χ3n) is 4.53. The van der Waals surface area contributed by atoms with Crippen LogP contribution >= 0.6 is 0 Å². The maximum absolute atomic E-state index is 13.3. The highest BCUT2D eigenvalue weighted by Gasteiger charge is 2.27. The molecule has 0 fully saturated rings. The van der Waals surface area contributed by atoms with Crippen LogP contribution in [-0.4, -0.2) is 15.3 Å². The second-order valence-corrected chi connectivity index (χ2v) is 7.03. The standard InChI is InChI=1S/C20H25N3O3/c1-5-6-7-23-17(16(12(2)3)19(25)22-20(23)26)18(24)15-9-13(4)8-14(10-15)11-21/h8-9,12,14H,5-7,10H2,1-4H3,(H,22,25,26). The van der Waals surface area contributed by atoms with Crippen molar-refractivity contribution in [2.45, 2.75) is 59.4 Å². The highest BCUT2D eigenvalue weighted by molar-refractivity contribution is 6.09. The fourth-order valence-electron chi connectivity index (χ4n) is 3.28. The van der Waals surface area contributed by atoms with E-state index in [1.165, 1.54) is 4.57 Å². The summed E-state index contributed by atoms with van der Waals surface area (Å²) in [4.78, 5) is 40.4. The maximum Gasteiger partial charge on any atom is 0.328 e. The first-order chi connectivity index (χ1) is 12.3. The van der Waals surface area contributed by atoms with Gasteiger partial charge in [-0.2, -0.15) is 5.26 Å². The third kappa shape index (κ3) is 3.93. The van der Waals surface area contributed by atoms with Crippen LogP contribution in [0.3, 0.4) is 0 Å². The Kier molecular flexibility index (Phi) is 6.14. The highest BCUT2D eigenvalue weighted by Crippen LogP contribution is 2.27. The van der Waals surface area contributed by atoms with Crippen LogP contribution in [0.4, 0.5) is 0 Å². The van der Waals surface area contributed by atoms with Crippen molar-refractivity contribution >= 4 is 5.78 Å². The van der Waals surface area contributed by atoms with Crippen molar-refractivity contribution in [2.75, 3.05) is 0 Å². The van der Waals surface area contributed by atoms with Gasteiger partial charge in [-0.25, -0.2) is 4.79 Å². The van der Waals surface area contributed by atoms with Gasteiger partial charge in [0.1, 0.15) is 5.69 Å². The molecule has 6 nitrogen and oxygen atoms in total. The van der Waals surface area contributed by atoms with Gasteiger partial charge in [0, 0.05) is 17.7 Å². The Hall–Kier alpha value is -2.68. The average molecular weight is 355 g/mol. The number of allylic oxidation sites excluding steroid dienone is 4. The molecule has 1 aliphatic rings. The first-order valence-corrected chi connectivity index (χ1v) is 9.00. The second-order valence-electron chi connectivity index (χ2n) is 7.03. The fraction of sp³-hybridized carbons (Fsp3) is 0.500. The van der Waals surface area contributed by atoms with Gasteiger partial charge in [0.15, 0.2) is 0 Å². The van der Waals surface area contributed by atoms with Gasteiger partial charge < -0.3 is 0 Å². The predicted octanol–water partition coefficient (Wildman–Crippen LogP) is 3.06. The first-order valence-electron chi connectivity index (χ1n) is 9.00. The van der Waals surface area contributed by atoms with Gasteiger partial charge >= 0.3 is 5.69 Å². The Morgan fingerprint density at radius 2 is 2.12 bits per heavy atom. The van der Waals surface area contributed by atoms with Crippen molar-refractivity contribution in [3.63, 3.8) is 0 Å². The molecule has 1 unspecified atom stereocenters. The van der Waals surface area contributed by atoms with Crippen molar-refractivity contribution in [2.24, 2.45) is 5.92 Å². The topological polar surface area (TPSA) is 95.7 Å². The Bertz CT molecular complexity index is 923. The summed E-state index contributed by atoms with van der Waals surface area (Å²) < 4.78 is 1.39. The monoisotopic (exact) mass is 355 g/mol. The van der Waals surface area contributed by atoms with E-state index in [9.17, 15) is 19.6 Å². The minimum Gasteiger partial charge on any atom is -0.290 e. The molecule has 1 atom stereocenters. The molecule has 26 heavy (non-hydrogen) atoms. The smallest absolute Gasteiger partial charge is 0.290 e. The molecule has 0 bridgehead atoms. The van der Waals surface area contributed by atoms with Gasteiger partial charge in [-0.1, -0.05) is 44.9 Å². The molecule has 0 spiro atoms. The molecule has 6 heteroatoms.